The Bertz CT molecular complexity index is 1170. The minimum atomic E-state index is -5.35. The van der Waals surface area contributed by atoms with E-state index in [1.807, 2.05) is 18.2 Å². The first-order chi connectivity index (χ1) is 17.5. The largest absolute Gasteiger partial charge is 0.491 e. The van der Waals surface area contributed by atoms with Crippen LogP contribution < -0.4 is 11.1 Å². The molecule has 0 unspecified atom stereocenters. The summed E-state index contributed by atoms with van der Waals surface area (Å²) >= 11 is 6.18. The number of nitrogens with one attached hydrogen (secondary N) is 1. The highest BCUT2D eigenvalue weighted by atomic mass is 35.5. The Kier molecular flexibility index (Phi) is 7.52. The van der Waals surface area contributed by atoms with E-state index in [-0.39, 0.29) is 12.0 Å². The van der Waals surface area contributed by atoms with Gasteiger partial charge in [-0.2, -0.15) is 13.2 Å². The summed E-state index contributed by atoms with van der Waals surface area (Å²) in [6, 6.07) is 15.1. The van der Waals surface area contributed by atoms with Crippen LogP contribution in [-0.2, 0) is 31.0 Å². The lowest BCUT2D eigenvalue weighted by molar-refractivity contribution is -0.222. The second-order valence-electron chi connectivity index (χ2n) is 9.58. The molecule has 2 fully saturated rings. The Morgan fingerprint density at radius 2 is 1.78 bits per heavy atom. The molecule has 2 aliphatic rings. The van der Waals surface area contributed by atoms with Gasteiger partial charge in [-0.25, -0.2) is 4.79 Å². The molecule has 2 aromatic rings. The molecule has 1 saturated heterocycles. The monoisotopic (exact) mass is 537 g/mol. The van der Waals surface area contributed by atoms with Crippen molar-refractivity contribution in [1.82, 2.24) is 10.2 Å². The molecule has 1 atom stereocenters. The summed E-state index contributed by atoms with van der Waals surface area (Å²) in [5.74, 6) is -4.15. The maximum Gasteiger partial charge on any atom is 0.491 e. The van der Waals surface area contributed by atoms with E-state index in [1.165, 1.54) is 4.90 Å². The first kappa shape index (κ1) is 26.9. The van der Waals surface area contributed by atoms with Gasteiger partial charge in [-0.15, -0.1) is 0 Å². The van der Waals surface area contributed by atoms with Gasteiger partial charge in [0.05, 0.1) is 0 Å². The van der Waals surface area contributed by atoms with Gasteiger partial charge in [-0.1, -0.05) is 54.1 Å². The van der Waals surface area contributed by atoms with Gasteiger partial charge in [-0.05, 0) is 48.9 Å². The van der Waals surface area contributed by atoms with Crippen LogP contribution >= 0.6 is 11.6 Å². The first-order valence-electron chi connectivity index (χ1n) is 11.9. The number of rotatable bonds is 6. The third kappa shape index (κ3) is 5.60. The SMILES string of the molecule is NCC1(c2cccc(Cl)c2)CCC(N2CC(=O)N[C@@](Cc3ccccc3)(OC(=O)C(F)(F)F)C2=O)CC1. The Balaban J connectivity index is 1.61. The number of esters is 1. The Morgan fingerprint density at radius 3 is 2.38 bits per heavy atom. The fourth-order valence-electron chi connectivity index (χ4n) is 5.29. The summed E-state index contributed by atoms with van der Waals surface area (Å²) in [4.78, 5) is 39.6. The molecule has 2 amide bonds. The summed E-state index contributed by atoms with van der Waals surface area (Å²) in [5.41, 5.74) is 4.66. The van der Waals surface area contributed by atoms with Gasteiger partial charge < -0.3 is 20.7 Å². The van der Waals surface area contributed by atoms with E-state index in [2.05, 4.69) is 5.32 Å². The minimum absolute atomic E-state index is 0.343. The first-order valence-corrected chi connectivity index (χ1v) is 12.3. The zero-order chi connectivity index (χ0) is 26.8. The van der Waals surface area contributed by atoms with Gasteiger partial charge in [0, 0.05) is 29.4 Å². The summed E-state index contributed by atoms with van der Waals surface area (Å²) < 4.78 is 44.3. The molecule has 4 rings (SSSR count). The van der Waals surface area contributed by atoms with Crippen LogP contribution in [0.4, 0.5) is 13.2 Å². The second kappa shape index (κ2) is 10.3. The smallest absolute Gasteiger partial charge is 0.422 e. The van der Waals surface area contributed by atoms with Crippen LogP contribution in [0.15, 0.2) is 54.6 Å². The zero-order valence-corrected chi connectivity index (χ0v) is 20.6. The van der Waals surface area contributed by atoms with Gasteiger partial charge >= 0.3 is 12.1 Å². The molecule has 1 heterocycles. The molecule has 198 valence electrons. The molecule has 0 aromatic heterocycles. The van der Waals surface area contributed by atoms with Gasteiger partial charge in [0.1, 0.15) is 6.54 Å². The highest BCUT2D eigenvalue weighted by Gasteiger charge is 2.56. The summed E-state index contributed by atoms with van der Waals surface area (Å²) in [6.07, 6.45) is -3.73. The van der Waals surface area contributed by atoms with Crippen LogP contribution in [0.5, 0.6) is 0 Å². The number of carbonyl (C=O) groups is 3. The maximum absolute atomic E-state index is 13.7. The standard InChI is InChI=1S/C26H27ClF3N3O4/c27-19-8-4-7-18(13-19)24(16-31)11-9-20(10-12-24)33-15-21(34)32-25(22(33)35,37-23(36)26(28,29)30)14-17-5-2-1-3-6-17/h1-8,13,20H,9-12,14-16,31H2,(H,32,34)/t20?,24?,25-/m0/s1. The lowest BCUT2D eigenvalue weighted by Crippen LogP contribution is -2.71. The lowest BCUT2D eigenvalue weighted by atomic mass is 9.68. The second-order valence-corrected chi connectivity index (χ2v) is 10.0. The van der Waals surface area contributed by atoms with E-state index in [0.29, 0.717) is 42.8 Å². The quantitative estimate of drug-likeness (QED) is 0.549. The van der Waals surface area contributed by atoms with Crippen LogP contribution in [0.25, 0.3) is 0 Å². The summed E-state index contributed by atoms with van der Waals surface area (Å²) in [5, 5.41) is 2.83. The van der Waals surface area contributed by atoms with Crippen LogP contribution in [0.1, 0.15) is 36.8 Å². The normalized spacial score (nSPS) is 26.5. The highest BCUT2D eigenvalue weighted by Crippen LogP contribution is 2.41. The number of alkyl halides is 3. The highest BCUT2D eigenvalue weighted by molar-refractivity contribution is 6.30. The molecule has 1 saturated carbocycles. The molecule has 7 nitrogen and oxygen atoms in total. The fraction of sp³-hybridized carbons (Fsp3) is 0.423. The number of amides is 2. The molecule has 0 radical (unpaired) electrons. The molecular formula is C26H27ClF3N3O4. The van der Waals surface area contributed by atoms with Crippen molar-refractivity contribution in [1.29, 1.82) is 0 Å². The number of halogens is 4. The summed E-state index contributed by atoms with van der Waals surface area (Å²) in [6.45, 7) is -0.00790. The van der Waals surface area contributed by atoms with Crippen molar-refractivity contribution in [3.05, 3.63) is 70.7 Å². The predicted molar refractivity (Wildman–Crippen MR) is 129 cm³/mol. The number of carbonyl (C=O) groups excluding carboxylic acids is 3. The van der Waals surface area contributed by atoms with E-state index < -0.39 is 42.1 Å². The molecule has 11 heteroatoms. The maximum atomic E-state index is 13.7. The number of hydrogen-bond acceptors (Lipinski definition) is 5. The Labute approximate surface area is 217 Å². The Hall–Kier alpha value is -3.11. The van der Waals surface area contributed by atoms with Crippen LogP contribution in [-0.4, -0.2) is 53.7 Å². The van der Waals surface area contributed by atoms with E-state index in [9.17, 15) is 27.6 Å². The van der Waals surface area contributed by atoms with E-state index in [4.69, 9.17) is 22.1 Å². The molecule has 0 spiro atoms. The van der Waals surface area contributed by atoms with Gasteiger partial charge in [0.2, 0.25) is 5.91 Å². The van der Waals surface area contributed by atoms with Crippen molar-refractivity contribution in [2.24, 2.45) is 5.73 Å². The Morgan fingerprint density at radius 1 is 1.11 bits per heavy atom. The van der Waals surface area contributed by atoms with Crippen molar-refractivity contribution in [2.45, 2.75) is 55.5 Å². The molecule has 0 bridgehead atoms. The van der Waals surface area contributed by atoms with Crippen LogP contribution in [0.3, 0.4) is 0 Å². The molecule has 37 heavy (non-hydrogen) atoms. The number of nitrogens with two attached hydrogens (primary N) is 1. The van der Waals surface area contributed by atoms with Crippen molar-refractivity contribution in [3.8, 4) is 0 Å². The molecule has 1 aliphatic heterocycles. The predicted octanol–water partition coefficient (Wildman–Crippen LogP) is 3.48. The van der Waals surface area contributed by atoms with Gasteiger partial charge in [0.25, 0.3) is 11.6 Å². The molecule has 3 N–H and O–H groups in total. The van der Waals surface area contributed by atoms with E-state index >= 15 is 0 Å². The van der Waals surface area contributed by atoms with Gasteiger partial charge in [0.15, 0.2) is 0 Å². The lowest BCUT2D eigenvalue weighted by Gasteiger charge is -2.47. The molecular weight excluding hydrogens is 511 g/mol. The topological polar surface area (TPSA) is 102 Å². The van der Waals surface area contributed by atoms with Crippen molar-refractivity contribution >= 4 is 29.4 Å². The van der Waals surface area contributed by atoms with Crippen LogP contribution in [0.2, 0.25) is 5.02 Å². The van der Waals surface area contributed by atoms with Gasteiger partial charge in [-0.3, -0.25) is 9.59 Å². The van der Waals surface area contributed by atoms with E-state index in [0.717, 1.165) is 5.56 Å². The van der Waals surface area contributed by atoms with Crippen molar-refractivity contribution in [3.63, 3.8) is 0 Å². The average molecular weight is 538 g/mol. The molecule has 2 aromatic carbocycles. The number of nitrogens with zero attached hydrogens (tertiary/aromatic N) is 1. The minimum Gasteiger partial charge on any atom is -0.422 e. The number of hydrogen-bond donors (Lipinski definition) is 2. The summed E-state index contributed by atoms with van der Waals surface area (Å²) in [7, 11) is 0. The zero-order valence-electron chi connectivity index (χ0n) is 19.9. The average Bonchev–Trinajstić information content (AvgIpc) is 2.86. The van der Waals surface area contributed by atoms with Crippen molar-refractivity contribution < 1.29 is 32.3 Å². The van der Waals surface area contributed by atoms with Crippen LogP contribution in [0, 0.1) is 0 Å². The number of benzene rings is 2. The van der Waals surface area contributed by atoms with Crippen molar-refractivity contribution in [2.75, 3.05) is 13.1 Å². The molecule has 1 aliphatic carbocycles. The fourth-order valence-corrected chi connectivity index (χ4v) is 5.48. The third-order valence-electron chi connectivity index (χ3n) is 7.24. The third-order valence-corrected chi connectivity index (χ3v) is 7.47. The number of piperazine rings is 1. The van der Waals surface area contributed by atoms with E-state index in [1.54, 1.807) is 36.4 Å². The number of ether oxygens (including phenoxy) is 1.